The Balaban J connectivity index is 2.33. The second-order valence-corrected chi connectivity index (χ2v) is 5.80. The molecule has 19 heavy (non-hydrogen) atoms. The van der Waals surface area contributed by atoms with Crippen LogP contribution in [0.3, 0.4) is 0 Å². The van der Waals surface area contributed by atoms with Crippen molar-refractivity contribution in [3.63, 3.8) is 0 Å². The molecule has 0 radical (unpaired) electrons. The van der Waals surface area contributed by atoms with Crippen molar-refractivity contribution in [2.24, 2.45) is 0 Å². The van der Waals surface area contributed by atoms with Crippen molar-refractivity contribution in [3.8, 4) is 0 Å². The molecule has 1 aromatic carbocycles. The summed E-state index contributed by atoms with van der Waals surface area (Å²) in [6.45, 7) is 3.48. The Hall–Kier alpha value is -2.15. The fourth-order valence-electron chi connectivity index (χ4n) is 1.61. The van der Waals surface area contributed by atoms with Crippen LogP contribution in [0.25, 0.3) is 0 Å². The van der Waals surface area contributed by atoms with Crippen LogP contribution in [0.4, 0.5) is 11.5 Å². The maximum Gasteiger partial charge on any atom is 0.263 e. The summed E-state index contributed by atoms with van der Waals surface area (Å²) >= 11 is 0. The Bertz CT molecular complexity index is 676. The molecule has 0 unspecified atom stereocenters. The van der Waals surface area contributed by atoms with Gasteiger partial charge in [0.25, 0.3) is 10.0 Å². The second-order valence-electron chi connectivity index (χ2n) is 4.12. The number of nitrogens with two attached hydrogens (primary N) is 1. The largest absolute Gasteiger partial charge is 0.399 e. The van der Waals surface area contributed by atoms with Gasteiger partial charge in [-0.15, -0.1) is 0 Å². The first kappa shape index (κ1) is 13.3. The minimum absolute atomic E-state index is 0.135. The van der Waals surface area contributed by atoms with E-state index in [1.165, 1.54) is 24.3 Å². The van der Waals surface area contributed by atoms with Gasteiger partial charge < -0.3 is 5.73 Å². The highest BCUT2D eigenvalue weighted by Crippen LogP contribution is 2.16. The van der Waals surface area contributed by atoms with Crippen LogP contribution in [0.5, 0.6) is 0 Å². The molecule has 2 aromatic rings. The number of nitrogens with one attached hydrogen (secondary N) is 1. The molecule has 0 spiro atoms. The number of hydrogen-bond acceptors (Lipinski definition) is 5. The lowest BCUT2D eigenvalue weighted by Gasteiger charge is -2.08. The molecule has 1 heterocycles. The quantitative estimate of drug-likeness (QED) is 0.832. The lowest BCUT2D eigenvalue weighted by molar-refractivity contribution is 0.601. The normalized spacial score (nSPS) is 11.3. The lowest BCUT2D eigenvalue weighted by Crippen LogP contribution is -2.14. The molecule has 0 aliphatic rings. The number of anilines is 2. The molecular formula is C12H14N4O2S. The Labute approximate surface area is 111 Å². The van der Waals surface area contributed by atoms with Crippen LogP contribution >= 0.6 is 0 Å². The van der Waals surface area contributed by atoms with Crippen molar-refractivity contribution in [1.82, 2.24) is 9.97 Å². The van der Waals surface area contributed by atoms with E-state index in [9.17, 15) is 8.42 Å². The van der Waals surface area contributed by atoms with E-state index < -0.39 is 10.0 Å². The summed E-state index contributed by atoms with van der Waals surface area (Å²) in [6.07, 6.45) is 0. The van der Waals surface area contributed by atoms with Crippen molar-refractivity contribution in [2.75, 3.05) is 10.5 Å². The first-order valence-electron chi connectivity index (χ1n) is 5.57. The van der Waals surface area contributed by atoms with E-state index >= 15 is 0 Å². The van der Waals surface area contributed by atoms with Crippen molar-refractivity contribution in [3.05, 3.63) is 41.9 Å². The van der Waals surface area contributed by atoms with Gasteiger partial charge in [-0.05, 0) is 38.1 Å². The van der Waals surface area contributed by atoms with Gasteiger partial charge in [-0.3, -0.25) is 4.72 Å². The van der Waals surface area contributed by atoms with Crippen LogP contribution in [0.2, 0.25) is 0 Å². The van der Waals surface area contributed by atoms with E-state index in [0.29, 0.717) is 17.2 Å². The third-order valence-electron chi connectivity index (χ3n) is 2.40. The molecule has 3 N–H and O–H groups in total. The van der Waals surface area contributed by atoms with Gasteiger partial charge >= 0.3 is 0 Å². The van der Waals surface area contributed by atoms with Gasteiger partial charge in [-0.2, -0.15) is 0 Å². The van der Waals surface area contributed by atoms with Gasteiger partial charge in [0, 0.05) is 17.4 Å². The van der Waals surface area contributed by atoms with Gasteiger partial charge in [-0.1, -0.05) is 0 Å². The summed E-state index contributed by atoms with van der Waals surface area (Å²) in [5.74, 6) is 0.761. The summed E-state index contributed by atoms with van der Waals surface area (Å²) in [5, 5.41) is 0. The molecule has 6 nitrogen and oxygen atoms in total. The molecule has 0 saturated carbocycles. The van der Waals surface area contributed by atoms with Crippen molar-refractivity contribution >= 4 is 21.5 Å². The first-order valence-corrected chi connectivity index (χ1v) is 7.06. The molecule has 2 rings (SSSR count). The van der Waals surface area contributed by atoms with E-state index in [1.54, 1.807) is 19.9 Å². The van der Waals surface area contributed by atoms with Crippen LogP contribution in [-0.4, -0.2) is 18.4 Å². The van der Waals surface area contributed by atoms with E-state index in [-0.39, 0.29) is 10.7 Å². The van der Waals surface area contributed by atoms with Gasteiger partial charge in [-0.25, -0.2) is 18.4 Å². The van der Waals surface area contributed by atoms with E-state index in [0.717, 1.165) is 0 Å². The van der Waals surface area contributed by atoms with Gasteiger partial charge in [0.05, 0.1) is 4.90 Å². The molecule has 0 amide bonds. The fourth-order valence-corrected chi connectivity index (χ4v) is 2.60. The topological polar surface area (TPSA) is 98.0 Å². The van der Waals surface area contributed by atoms with E-state index in [2.05, 4.69) is 14.7 Å². The number of nitrogens with zero attached hydrogens (tertiary/aromatic N) is 2. The van der Waals surface area contributed by atoms with Gasteiger partial charge in [0.1, 0.15) is 11.6 Å². The standard InChI is InChI=1S/C12H14N4O2S/c1-8-7-12(15-9(2)14-8)16-19(17,18)11-5-3-10(13)4-6-11/h3-7H,13H2,1-2H3,(H,14,15,16)/i3+1,4+1,5+1,6+1,10+1,11+1. The Morgan fingerprint density at radius 1 is 1.11 bits per heavy atom. The maximum atomic E-state index is 12.1. The van der Waals surface area contributed by atoms with E-state index in [1.807, 2.05) is 0 Å². The molecule has 0 fully saturated rings. The second kappa shape index (κ2) is 4.85. The average molecular weight is 284 g/mol. The van der Waals surface area contributed by atoms with Crippen LogP contribution < -0.4 is 10.5 Å². The summed E-state index contributed by atoms with van der Waals surface area (Å²) in [6, 6.07) is 7.52. The molecule has 100 valence electrons. The minimum Gasteiger partial charge on any atom is -0.399 e. The Morgan fingerprint density at radius 3 is 2.32 bits per heavy atom. The number of hydrogen-bond donors (Lipinski definition) is 2. The third kappa shape index (κ3) is 3.19. The highest BCUT2D eigenvalue weighted by atomic mass is 32.2. The van der Waals surface area contributed by atoms with Crippen LogP contribution in [0.15, 0.2) is 35.2 Å². The summed E-state index contributed by atoms with van der Waals surface area (Å²) in [5.41, 5.74) is 6.73. The summed E-state index contributed by atoms with van der Waals surface area (Å²) in [7, 11) is -3.66. The maximum absolute atomic E-state index is 12.1. The molecule has 0 aliphatic carbocycles. The Morgan fingerprint density at radius 2 is 1.74 bits per heavy atom. The molecule has 7 heteroatoms. The minimum atomic E-state index is -3.66. The zero-order valence-electron chi connectivity index (χ0n) is 10.6. The number of aromatic nitrogens is 2. The van der Waals surface area contributed by atoms with Crippen LogP contribution in [-0.2, 0) is 10.0 Å². The molecule has 0 saturated heterocycles. The number of benzene rings is 1. The molecule has 1 aromatic heterocycles. The zero-order chi connectivity index (χ0) is 14.0. The van der Waals surface area contributed by atoms with Crippen molar-refractivity contribution in [1.29, 1.82) is 0 Å². The van der Waals surface area contributed by atoms with Crippen LogP contribution in [0, 0.1) is 13.8 Å². The molecule has 0 atom stereocenters. The van der Waals surface area contributed by atoms with Gasteiger partial charge in [0.15, 0.2) is 0 Å². The highest BCUT2D eigenvalue weighted by Gasteiger charge is 2.15. The SMILES string of the molecule is Cc1cc(NS(=O)(=O)[13c]2[13cH][13cH][13c](N)[13cH][13cH]2)nc(C)n1. The van der Waals surface area contributed by atoms with Gasteiger partial charge in [0.2, 0.25) is 0 Å². The predicted molar refractivity (Wildman–Crippen MR) is 73.2 cm³/mol. The molecule has 0 aliphatic heterocycles. The predicted octanol–water partition coefficient (Wildman–Crippen LogP) is 1.48. The lowest BCUT2D eigenvalue weighted by atomic mass is 10.4. The molecular weight excluding hydrogens is 270 g/mol. The number of aryl methyl sites for hydroxylation is 2. The van der Waals surface area contributed by atoms with E-state index in [4.69, 9.17) is 5.73 Å². The summed E-state index contributed by atoms with van der Waals surface area (Å²) in [4.78, 5) is 8.26. The third-order valence-corrected chi connectivity index (χ3v) is 3.77. The fraction of sp³-hybridized carbons (Fsp3) is 0.167. The number of rotatable bonds is 3. The zero-order valence-corrected chi connectivity index (χ0v) is 11.4. The molecule has 0 bridgehead atoms. The number of sulfonamides is 1. The monoisotopic (exact) mass is 284 g/mol. The highest BCUT2D eigenvalue weighted by molar-refractivity contribution is 7.92. The summed E-state index contributed by atoms with van der Waals surface area (Å²) < 4.78 is 26.7. The first-order chi connectivity index (χ1) is 8.87. The number of nitrogen functional groups attached to an aromatic ring is 1. The Kier molecular flexibility index (Phi) is 3.39. The van der Waals surface area contributed by atoms with Crippen molar-refractivity contribution in [2.45, 2.75) is 18.7 Å². The van der Waals surface area contributed by atoms with Crippen molar-refractivity contribution < 1.29 is 8.42 Å². The smallest absolute Gasteiger partial charge is 0.263 e. The average Bonchev–Trinajstić information content (AvgIpc) is 2.27. The van der Waals surface area contributed by atoms with Crippen LogP contribution in [0.1, 0.15) is 11.5 Å².